The number of carbonyl (C=O) groups is 1. The molecule has 0 spiro atoms. The molecular weight excluding hydrogens is 272 g/mol. The van der Waals surface area contributed by atoms with Gasteiger partial charge in [0.05, 0.1) is 0 Å². The predicted octanol–water partition coefficient (Wildman–Crippen LogP) is 5.15. The van der Waals surface area contributed by atoms with Crippen molar-refractivity contribution in [3.05, 3.63) is 77.9 Å². The second kappa shape index (κ2) is 8.83. The molecule has 0 aliphatic carbocycles. The number of allylic oxidation sites excluding steroid dienone is 1. The van der Waals surface area contributed by atoms with Crippen LogP contribution in [0.25, 0.3) is 5.57 Å². The lowest BCUT2D eigenvalue weighted by Crippen LogP contribution is -1.93. The van der Waals surface area contributed by atoms with Gasteiger partial charge in [-0.2, -0.15) is 0 Å². The second-order valence-corrected chi connectivity index (χ2v) is 5.34. The van der Waals surface area contributed by atoms with Crippen molar-refractivity contribution in [3.63, 3.8) is 0 Å². The van der Waals surface area contributed by atoms with Crippen molar-refractivity contribution in [2.45, 2.75) is 32.1 Å². The standard InChI is InChI=1S/C20H22O2/c21-20(22)16-10-2-1-9-15-19(17-11-5-3-6-12-17)18-13-7-4-8-14-18/h3-8,11-15H,1-2,9-10,16H2,(H,21,22). The molecule has 0 saturated heterocycles. The Morgan fingerprint density at radius 1 is 0.818 bits per heavy atom. The summed E-state index contributed by atoms with van der Waals surface area (Å²) in [5.41, 5.74) is 3.69. The molecule has 0 bridgehead atoms. The molecule has 0 aliphatic heterocycles. The van der Waals surface area contributed by atoms with Crippen molar-refractivity contribution in [1.29, 1.82) is 0 Å². The van der Waals surface area contributed by atoms with E-state index in [-0.39, 0.29) is 6.42 Å². The van der Waals surface area contributed by atoms with E-state index in [2.05, 4.69) is 54.6 Å². The molecule has 22 heavy (non-hydrogen) atoms. The third-order valence-electron chi connectivity index (χ3n) is 3.61. The fourth-order valence-corrected chi connectivity index (χ4v) is 2.48. The monoisotopic (exact) mass is 294 g/mol. The summed E-state index contributed by atoms with van der Waals surface area (Å²) in [4.78, 5) is 10.5. The summed E-state index contributed by atoms with van der Waals surface area (Å²) in [6.45, 7) is 0. The molecule has 2 nitrogen and oxygen atoms in total. The highest BCUT2D eigenvalue weighted by Crippen LogP contribution is 2.24. The molecule has 0 fully saturated rings. The minimum atomic E-state index is -0.704. The summed E-state index contributed by atoms with van der Waals surface area (Å²) in [5.74, 6) is -0.704. The fourth-order valence-electron chi connectivity index (χ4n) is 2.48. The maximum Gasteiger partial charge on any atom is 0.303 e. The highest BCUT2D eigenvalue weighted by Gasteiger charge is 2.03. The molecule has 0 unspecified atom stereocenters. The van der Waals surface area contributed by atoms with Gasteiger partial charge >= 0.3 is 5.97 Å². The van der Waals surface area contributed by atoms with Gasteiger partial charge in [-0.05, 0) is 36.0 Å². The third-order valence-corrected chi connectivity index (χ3v) is 3.61. The second-order valence-electron chi connectivity index (χ2n) is 5.34. The summed E-state index contributed by atoms with van der Waals surface area (Å²) in [7, 11) is 0. The van der Waals surface area contributed by atoms with Crippen LogP contribution in [-0.2, 0) is 4.79 Å². The topological polar surface area (TPSA) is 37.3 Å². The first-order valence-corrected chi connectivity index (χ1v) is 7.80. The van der Waals surface area contributed by atoms with Crippen molar-refractivity contribution in [2.24, 2.45) is 0 Å². The molecule has 2 aromatic carbocycles. The molecule has 2 rings (SSSR count). The number of carboxylic acids is 1. The van der Waals surface area contributed by atoms with Crippen LogP contribution in [0.3, 0.4) is 0 Å². The van der Waals surface area contributed by atoms with E-state index in [1.165, 1.54) is 16.7 Å². The van der Waals surface area contributed by atoms with E-state index in [0.717, 1.165) is 25.7 Å². The number of hydrogen-bond donors (Lipinski definition) is 1. The molecule has 0 aliphatic rings. The molecule has 0 aromatic heterocycles. The Bertz CT molecular complexity index is 559. The van der Waals surface area contributed by atoms with E-state index in [0.29, 0.717) is 0 Å². The Balaban J connectivity index is 2.02. The van der Waals surface area contributed by atoms with Gasteiger partial charge in [0.25, 0.3) is 0 Å². The minimum Gasteiger partial charge on any atom is -0.481 e. The van der Waals surface area contributed by atoms with Crippen LogP contribution in [0.1, 0.15) is 43.2 Å². The molecule has 0 amide bonds. The summed E-state index contributed by atoms with van der Waals surface area (Å²) in [5, 5.41) is 8.64. The zero-order valence-electron chi connectivity index (χ0n) is 12.7. The lowest BCUT2D eigenvalue weighted by atomic mass is 9.96. The van der Waals surface area contributed by atoms with Gasteiger partial charge in [0.1, 0.15) is 0 Å². The Labute approximate surface area is 132 Å². The van der Waals surface area contributed by atoms with Crippen molar-refractivity contribution < 1.29 is 9.90 Å². The highest BCUT2D eigenvalue weighted by atomic mass is 16.4. The molecule has 0 radical (unpaired) electrons. The lowest BCUT2D eigenvalue weighted by molar-refractivity contribution is -0.137. The normalized spacial score (nSPS) is 10.2. The quantitative estimate of drug-likeness (QED) is 0.683. The first kappa shape index (κ1) is 16.0. The van der Waals surface area contributed by atoms with E-state index < -0.39 is 5.97 Å². The number of aliphatic carboxylic acids is 1. The van der Waals surface area contributed by atoms with Crippen LogP contribution in [0, 0.1) is 0 Å². The van der Waals surface area contributed by atoms with Crippen LogP contribution in [0.4, 0.5) is 0 Å². The summed E-state index contributed by atoms with van der Waals surface area (Å²) in [6.07, 6.45) is 6.25. The van der Waals surface area contributed by atoms with Crippen LogP contribution in [0.5, 0.6) is 0 Å². The Morgan fingerprint density at radius 3 is 1.86 bits per heavy atom. The number of unbranched alkanes of at least 4 members (excludes halogenated alkanes) is 3. The molecular formula is C20H22O2. The SMILES string of the molecule is O=C(O)CCCCCC=C(c1ccccc1)c1ccccc1. The van der Waals surface area contributed by atoms with Crippen LogP contribution in [0.15, 0.2) is 66.7 Å². The van der Waals surface area contributed by atoms with E-state index in [1.54, 1.807) is 0 Å². The van der Waals surface area contributed by atoms with E-state index in [1.807, 2.05) is 12.1 Å². The van der Waals surface area contributed by atoms with Crippen LogP contribution in [-0.4, -0.2) is 11.1 Å². The zero-order chi connectivity index (χ0) is 15.6. The number of carboxylic acid groups (broad SMARTS) is 1. The van der Waals surface area contributed by atoms with Gasteiger partial charge in [-0.1, -0.05) is 73.2 Å². The summed E-state index contributed by atoms with van der Waals surface area (Å²) >= 11 is 0. The van der Waals surface area contributed by atoms with Gasteiger partial charge in [-0.3, -0.25) is 4.79 Å². The number of hydrogen-bond acceptors (Lipinski definition) is 1. The largest absolute Gasteiger partial charge is 0.481 e. The van der Waals surface area contributed by atoms with Crippen LogP contribution < -0.4 is 0 Å². The van der Waals surface area contributed by atoms with Crippen molar-refractivity contribution >= 4 is 11.5 Å². The Kier molecular flexibility index (Phi) is 6.43. The highest BCUT2D eigenvalue weighted by molar-refractivity contribution is 5.79. The molecule has 1 N–H and O–H groups in total. The van der Waals surface area contributed by atoms with E-state index >= 15 is 0 Å². The van der Waals surface area contributed by atoms with Crippen LogP contribution >= 0.6 is 0 Å². The van der Waals surface area contributed by atoms with Crippen molar-refractivity contribution in [3.8, 4) is 0 Å². The average molecular weight is 294 g/mol. The molecule has 0 heterocycles. The number of rotatable bonds is 8. The van der Waals surface area contributed by atoms with E-state index in [4.69, 9.17) is 5.11 Å². The summed E-state index contributed by atoms with van der Waals surface area (Å²) < 4.78 is 0. The maximum atomic E-state index is 10.5. The molecule has 0 saturated carbocycles. The smallest absolute Gasteiger partial charge is 0.303 e. The van der Waals surface area contributed by atoms with Gasteiger partial charge in [0, 0.05) is 6.42 Å². The van der Waals surface area contributed by atoms with Gasteiger partial charge < -0.3 is 5.11 Å². The van der Waals surface area contributed by atoms with Crippen LogP contribution in [0.2, 0.25) is 0 Å². The first-order valence-electron chi connectivity index (χ1n) is 7.80. The minimum absolute atomic E-state index is 0.272. The lowest BCUT2D eigenvalue weighted by Gasteiger charge is -2.08. The molecule has 114 valence electrons. The molecule has 2 aromatic rings. The molecule has 2 heteroatoms. The van der Waals surface area contributed by atoms with Gasteiger partial charge in [0.15, 0.2) is 0 Å². The van der Waals surface area contributed by atoms with Gasteiger partial charge in [-0.25, -0.2) is 0 Å². The van der Waals surface area contributed by atoms with Gasteiger partial charge in [-0.15, -0.1) is 0 Å². The molecule has 0 atom stereocenters. The Hall–Kier alpha value is -2.35. The van der Waals surface area contributed by atoms with Crippen molar-refractivity contribution in [2.75, 3.05) is 0 Å². The first-order chi connectivity index (χ1) is 10.8. The average Bonchev–Trinajstić information content (AvgIpc) is 2.55. The Morgan fingerprint density at radius 2 is 1.36 bits per heavy atom. The zero-order valence-corrected chi connectivity index (χ0v) is 12.7. The third kappa shape index (κ3) is 5.21. The predicted molar refractivity (Wildman–Crippen MR) is 90.7 cm³/mol. The summed E-state index contributed by atoms with van der Waals surface area (Å²) in [6, 6.07) is 20.8. The van der Waals surface area contributed by atoms with E-state index in [9.17, 15) is 4.79 Å². The fraction of sp³-hybridized carbons (Fsp3) is 0.250. The van der Waals surface area contributed by atoms with Crippen molar-refractivity contribution in [1.82, 2.24) is 0 Å². The van der Waals surface area contributed by atoms with Gasteiger partial charge in [0.2, 0.25) is 0 Å². The maximum absolute atomic E-state index is 10.5. The number of benzene rings is 2.